The van der Waals surface area contributed by atoms with E-state index >= 15 is 0 Å². The van der Waals surface area contributed by atoms with Crippen molar-refractivity contribution < 1.29 is 9.47 Å². The topological polar surface area (TPSA) is 44.5 Å². The Bertz CT molecular complexity index is 462. The van der Waals surface area contributed by atoms with E-state index in [-0.39, 0.29) is 5.41 Å². The van der Waals surface area contributed by atoms with Crippen molar-refractivity contribution in [1.82, 2.24) is 0 Å². The molecule has 2 N–H and O–H groups in total. The van der Waals surface area contributed by atoms with Crippen LogP contribution >= 0.6 is 0 Å². The molecule has 0 saturated heterocycles. The van der Waals surface area contributed by atoms with Crippen LogP contribution in [0.5, 0.6) is 11.5 Å². The Morgan fingerprint density at radius 1 is 1.11 bits per heavy atom. The summed E-state index contributed by atoms with van der Waals surface area (Å²) < 4.78 is 11.2. The van der Waals surface area contributed by atoms with Crippen molar-refractivity contribution in [1.29, 1.82) is 0 Å². The monoisotopic (exact) mass is 263 g/mol. The molecular formula is C16H25NO2. The first kappa shape index (κ1) is 14.2. The van der Waals surface area contributed by atoms with Gasteiger partial charge in [0, 0.05) is 17.5 Å². The second-order valence-corrected chi connectivity index (χ2v) is 5.60. The third kappa shape index (κ3) is 2.20. The van der Waals surface area contributed by atoms with Crippen LogP contribution in [0.4, 0.5) is 0 Å². The SMILES string of the molecule is COc1cc(C2(CN)CCCC2)c(OC)c(C)c1C. The highest BCUT2D eigenvalue weighted by atomic mass is 16.5. The molecule has 1 saturated carbocycles. The molecule has 0 atom stereocenters. The summed E-state index contributed by atoms with van der Waals surface area (Å²) in [6.07, 6.45) is 4.78. The van der Waals surface area contributed by atoms with Gasteiger partial charge in [0.15, 0.2) is 0 Å². The molecule has 2 rings (SSSR count). The molecule has 3 heteroatoms. The van der Waals surface area contributed by atoms with Crippen LogP contribution < -0.4 is 15.2 Å². The maximum atomic E-state index is 6.11. The average Bonchev–Trinajstić information content (AvgIpc) is 2.91. The smallest absolute Gasteiger partial charge is 0.126 e. The van der Waals surface area contributed by atoms with Gasteiger partial charge in [-0.15, -0.1) is 0 Å². The first-order valence-corrected chi connectivity index (χ1v) is 7.02. The Morgan fingerprint density at radius 2 is 1.74 bits per heavy atom. The van der Waals surface area contributed by atoms with Crippen LogP contribution in [0.15, 0.2) is 6.07 Å². The van der Waals surface area contributed by atoms with E-state index in [1.54, 1.807) is 14.2 Å². The average molecular weight is 263 g/mol. The van der Waals surface area contributed by atoms with Crippen LogP contribution in [0.3, 0.4) is 0 Å². The van der Waals surface area contributed by atoms with Gasteiger partial charge < -0.3 is 15.2 Å². The summed E-state index contributed by atoms with van der Waals surface area (Å²) in [5.41, 5.74) is 9.72. The first-order chi connectivity index (χ1) is 9.09. The van der Waals surface area contributed by atoms with Crippen LogP contribution in [0, 0.1) is 13.8 Å². The summed E-state index contributed by atoms with van der Waals surface area (Å²) in [4.78, 5) is 0. The minimum atomic E-state index is 0.0666. The lowest BCUT2D eigenvalue weighted by Gasteiger charge is -2.31. The van der Waals surface area contributed by atoms with Gasteiger partial charge in [0.2, 0.25) is 0 Å². The number of benzene rings is 1. The predicted molar refractivity (Wildman–Crippen MR) is 78.2 cm³/mol. The van der Waals surface area contributed by atoms with E-state index in [1.807, 2.05) is 0 Å². The molecule has 1 aliphatic rings. The van der Waals surface area contributed by atoms with Gasteiger partial charge in [0.1, 0.15) is 11.5 Å². The Morgan fingerprint density at radius 3 is 2.21 bits per heavy atom. The zero-order valence-electron chi connectivity index (χ0n) is 12.5. The number of hydrogen-bond acceptors (Lipinski definition) is 3. The van der Waals surface area contributed by atoms with Crippen molar-refractivity contribution in [2.24, 2.45) is 5.73 Å². The van der Waals surface area contributed by atoms with E-state index in [0.29, 0.717) is 6.54 Å². The van der Waals surface area contributed by atoms with Gasteiger partial charge in [0.05, 0.1) is 14.2 Å². The van der Waals surface area contributed by atoms with Crippen LogP contribution in [-0.4, -0.2) is 20.8 Å². The van der Waals surface area contributed by atoms with Crippen LogP contribution in [0.1, 0.15) is 42.4 Å². The first-order valence-electron chi connectivity index (χ1n) is 7.02. The summed E-state index contributed by atoms with van der Waals surface area (Å²) >= 11 is 0. The van der Waals surface area contributed by atoms with Crippen molar-refractivity contribution in [3.05, 3.63) is 22.8 Å². The van der Waals surface area contributed by atoms with Crippen molar-refractivity contribution in [3.63, 3.8) is 0 Å². The van der Waals surface area contributed by atoms with Gasteiger partial charge in [-0.1, -0.05) is 12.8 Å². The van der Waals surface area contributed by atoms with E-state index in [4.69, 9.17) is 15.2 Å². The largest absolute Gasteiger partial charge is 0.496 e. The number of nitrogens with two attached hydrogens (primary N) is 1. The van der Waals surface area contributed by atoms with Crippen molar-refractivity contribution in [2.45, 2.75) is 44.9 Å². The summed E-state index contributed by atoms with van der Waals surface area (Å²) in [7, 11) is 3.47. The Kier molecular flexibility index (Phi) is 4.04. The minimum absolute atomic E-state index is 0.0666. The maximum absolute atomic E-state index is 6.11. The molecule has 106 valence electrons. The molecule has 0 heterocycles. The number of ether oxygens (including phenoxy) is 2. The third-order valence-electron chi connectivity index (χ3n) is 4.74. The van der Waals surface area contributed by atoms with Crippen molar-refractivity contribution >= 4 is 0 Å². The van der Waals surface area contributed by atoms with E-state index in [2.05, 4.69) is 19.9 Å². The van der Waals surface area contributed by atoms with Crippen LogP contribution in [0.25, 0.3) is 0 Å². The molecule has 1 aromatic rings. The third-order valence-corrected chi connectivity index (χ3v) is 4.74. The summed E-state index contributed by atoms with van der Waals surface area (Å²) in [6.45, 7) is 4.85. The molecule has 0 radical (unpaired) electrons. The van der Waals surface area contributed by atoms with Gasteiger partial charge >= 0.3 is 0 Å². The van der Waals surface area contributed by atoms with Gasteiger partial charge in [-0.3, -0.25) is 0 Å². The molecule has 0 spiro atoms. The second-order valence-electron chi connectivity index (χ2n) is 5.60. The molecule has 0 bridgehead atoms. The fraction of sp³-hybridized carbons (Fsp3) is 0.625. The predicted octanol–water partition coefficient (Wildman–Crippen LogP) is 3.09. The van der Waals surface area contributed by atoms with Crippen LogP contribution in [0.2, 0.25) is 0 Å². The molecule has 19 heavy (non-hydrogen) atoms. The van der Waals surface area contributed by atoms with E-state index in [1.165, 1.54) is 18.4 Å². The molecule has 0 aromatic heterocycles. The molecule has 3 nitrogen and oxygen atoms in total. The fourth-order valence-corrected chi connectivity index (χ4v) is 3.37. The molecular weight excluding hydrogens is 238 g/mol. The normalized spacial score (nSPS) is 17.5. The lowest BCUT2D eigenvalue weighted by Crippen LogP contribution is -2.32. The summed E-state index contributed by atoms with van der Waals surface area (Å²) in [6, 6.07) is 2.14. The zero-order chi connectivity index (χ0) is 14.0. The zero-order valence-corrected chi connectivity index (χ0v) is 12.5. The lowest BCUT2D eigenvalue weighted by atomic mass is 9.77. The standard InChI is InChI=1S/C16H25NO2/c1-11-12(2)15(19-4)13(9-14(11)18-3)16(10-17)7-5-6-8-16/h9H,5-8,10,17H2,1-4H3. The van der Waals surface area contributed by atoms with Gasteiger partial charge in [0.25, 0.3) is 0 Å². The Hall–Kier alpha value is -1.22. The highest BCUT2D eigenvalue weighted by Gasteiger charge is 2.37. The number of rotatable bonds is 4. The highest BCUT2D eigenvalue weighted by Crippen LogP contribution is 2.47. The minimum Gasteiger partial charge on any atom is -0.496 e. The van der Waals surface area contributed by atoms with Gasteiger partial charge in [-0.25, -0.2) is 0 Å². The second kappa shape index (κ2) is 5.41. The summed E-state index contributed by atoms with van der Waals surface area (Å²) in [5, 5.41) is 0. The molecule has 0 amide bonds. The molecule has 0 unspecified atom stereocenters. The highest BCUT2D eigenvalue weighted by molar-refractivity contribution is 5.55. The number of hydrogen-bond donors (Lipinski definition) is 1. The van der Waals surface area contributed by atoms with E-state index in [9.17, 15) is 0 Å². The van der Waals surface area contributed by atoms with Crippen molar-refractivity contribution in [2.75, 3.05) is 20.8 Å². The maximum Gasteiger partial charge on any atom is 0.126 e. The molecule has 1 aliphatic carbocycles. The van der Waals surface area contributed by atoms with Crippen molar-refractivity contribution in [3.8, 4) is 11.5 Å². The molecule has 1 fully saturated rings. The summed E-state index contributed by atoms with van der Waals surface area (Å²) in [5.74, 6) is 1.93. The lowest BCUT2D eigenvalue weighted by molar-refractivity contribution is 0.366. The van der Waals surface area contributed by atoms with E-state index in [0.717, 1.165) is 35.5 Å². The van der Waals surface area contributed by atoms with Crippen LogP contribution in [-0.2, 0) is 5.41 Å². The number of methoxy groups -OCH3 is 2. The molecule has 0 aliphatic heterocycles. The molecule has 1 aromatic carbocycles. The van der Waals surface area contributed by atoms with Gasteiger partial charge in [-0.2, -0.15) is 0 Å². The van der Waals surface area contributed by atoms with E-state index < -0.39 is 0 Å². The fourth-order valence-electron chi connectivity index (χ4n) is 3.37. The quantitative estimate of drug-likeness (QED) is 0.908. The Balaban J connectivity index is 2.64. The Labute approximate surface area is 116 Å². The van der Waals surface area contributed by atoms with Gasteiger partial charge in [-0.05, 0) is 43.9 Å².